The Hall–Kier alpha value is -1.74. The SMILES string of the molecule is CC(CSCc1ccccc1)C(=O)OCc1ccccc1. The normalized spacial score (nSPS) is 11.9. The Bertz CT molecular complexity index is 540. The van der Waals surface area contributed by atoms with E-state index in [0.717, 1.165) is 17.1 Å². The standard InChI is InChI=1S/C18H20O2S/c1-15(13-21-14-17-10-6-3-7-11-17)18(19)20-12-16-8-4-2-5-9-16/h2-11,15H,12-14H2,1H3. The second kappa shape index (κ2) is 8.53. The molecule has 0 amide bonds. The van der Waals surface area contributed by atoms with Gasteiger partial charge >= 0.3 is 5.97 Å². The molecule has 0 aliphatic carbocycles. The zero-order valence-corrected chi connectivity index (χ0v) is 13.0. The van der Waals surface area contributed by atoms with Gasteiger partial charge in [-0.2, -0.15) is 11.8 Å². The highest BCUT2D eigenvalue weighted by Gasteiger charge is 2.14. The van der Waals surface area contributed by atoms with Crippen LogP contribution in [0.2, 0.25) is 0 Å². The maximum atomic E-state index is 11.9. The molecule has 2 aromatic carbocycles. The van der Waals surface area contributed by atoms with Crippen LogP contribution in [-0.4, -0.2) is 11.7 Å². The summed E-state index contributed by atoms with van der Waals surface area (Å²) in [7, 11) is 0. The van der Waals surface area contributed by atoms with Crippen molar-refractivity contribution in [2.24, 2.45) is 5.92 Å². The Kier molecular flexibility index (Phi) is 6.35. The average molecular weight is 300 g/mol. The Morgan fingerprint density at radius 2 is 1.57 bits per heavy atom. The first-order valence-electron chi connectivity index (χ1n) is 7.08. The Morgan fingerprint density at radius 3 is 2.19 bits per heavy atom. The van der Waals surface area contributed by atoms with Gasteiger partial charge in [-0.1, -0.05) is 67.6 Å². The van der Waals surface area contributed by atoms with Gasteiger partial charge in [0.1, 0.15) is 6.61 Å². The van der Waals surface area contributed by atoms with Gasteiger partial charge in [0.2, 0.25) is 0 Å². The van der Waals surface area contributed by atoms with Crippen LogP contribution in [0.1, 0.15) is 18.1 Å². The minimum absolute atomic E-state index is 0.0811. The van der Waals surface area contributed by atoms with Crippen LogP contribution in [0.4, 0.5) is 0 Å². The van der Waals surface area contributed by atoms with Crippen LogP contribution in [0.25, 0.3) is 0 Å². The molecule has 0 aliphatic heterocycles. The van der Waals surface area contributed by atoms with Crippen LogP contribution in [-0.2, 0) is 21.9 Å². The molecule has 0 N–H and O–H groups in total. The van der Waals surface area contributed by atoms with Crippen molar-refractivity contribution in [1.82, 2.24) is 0 Å². The van der Waals surface area contributed by atoms with Gasteiger partial charge in [-0.05, 0) is 11.1 Å². The summed E-state index contributed by atoms with van der Waals surface area (Å²) in [5.41, 5.74) is 2.31. The molecule has 2 nitrogen and oxygen atoms in total. The third-order valence-corrected chi connectivity index (χ3v) is 4.38. The molecule has 1 atom stereocenters. The second-order valence-corrected chi connectivity index (χ2v) is 6.03. The van der Waals surface area contributed by atoms with E-state index in [9.17, 15) is 4.79 Å². The molecule has 110 valence electrons. The van der Waals surface area contributed by atoms with Crippen LogP contribution in [0, 0.1) is 5.92 Å². The lowest BCUT2D eigenvalue weighted by molar-refractivity contribution is -0.148. The van der Waals surface area contributed by atoms with Crippen LogP contribution in [0.3, 0.4) is 0 Å². The van der Waals surface area contributed by atoms with Gasteiger partial charge in [-0.3, -0.25) is 4.79 Å². The smallest absolute Gasteiger partial charge is 0.309 e. The highest BCUT2D eigenvalue weighted by Crippen LogP contribution is 2.16. The number of esters is 1. The van der Waals surface area contributed by atoms with Crippen molar-refractivity contribution in [3.05, 3.63) is 71.8 Å². The van der Waals surface area contributed by atoms with E-state index in [1.807, 2.05) is 55.5 Å². The summed E-state index contributed by atoms with van der Waals surface area (Å²) >= 11 is 1.76. The van der Waals surface area contributed by atoms with Gasteiger partial charge in [0.15, 0.2) is 0 Å². The Balaban J connectivity index is 1.68. The maximum absolute atomic E-state index is 11.9. The van der Waals surface area contributed by atoms with Gasteiger partial charge < -0.3 is 4.74 Å². The lowest BCUT2D eigenvalue weighted by Crippen LogP contribution is -2.16. The number of carbonyl (C=O) groups excluding carboxylic acids is 1. The van der Waals surface area contributed by atoms with E-state index < -0.39 is 0 Å². The molecule has 0 aliphatic rings. The largest absolute Gasteiger partial charge is 0.461 e. The molecule has 2 aromatic rings. The summed E-state index contributed by atoms with van der Waals surface area (Å²) in [5, 5.41) is 0. The molecule has 0 saturated heterocycles. The molecule has 21 heavy (non-hydrogen) atoms. The van der Waals surface area contributed by atoms with Gasteiger partial charge in [-0.25, -0.2) is 0 Å². The fourth-order valence-corrected chi connectivity index (χ4v) is 2.90. The highest BCUT2D eigenvalue weighted by atomic mass is 32.2. The molecular formula is C18H20O2S. The number of rotatable bonds is 7. The lowest BCUT2D eigenvalue weighted by atomic mass is 10.2. The third-order valence-electron chi connectivity index (χ3n) is 3.11. The maximum Gasteiger partial charge on any atom is 0.309 e. The van der Waals surface area contributed by atoms with Crippen molar-refractivity contribution >= 4 is 17.7 Å². The quantitative estimate of drug-likeness (QED) is 0.713. The Morgan fingerprint density at radius 1 is 1.00 bits per heavy atom. The topological polar surface area (TPSA) is 26.3 Å². The summed E-state index contributed by atoms with van der Waals surface area (Å²) < 4.78 is 5.34. The number of ether oxygens (including phenoxy) is 1. The minimum Gasteiger partial charge on any atom is -0.461 e. The predicted molar refractivity (Wildman–Crippen MR) is 88.0 cm³/mol. The number of hydrogen-bond donors (Lipinski definition) is 0. The first-order valence-corrected chi connectivity index (χ1v) is 8.23. The van der Waals surface area contributed by atoms with E-state index in [2.05, 4.69) is 12.1 Å². The van der Waals surface area contributed by atoms with Crippen LogP contribution >= 0.6 is 11.8 Å². The molecule has 0 fully saturated rings. The molecule has 0 heterocycles. The summed E-state index contributed by atoms with van der Waals surface area (Å²) in [6.45, 7) is 2.28. The zero-order valence-electron chi connectivity index (χ0n) is 12.2. The van der Waals surface area contributed by atoms with E-state index >= 15 is 0 Å². The highest BCUT2D eigenvalue weighted by molar-refractivity contribution is 7.98. The molecule has 0 spiro atoms. The Labute approximate surface area is 130 Å². The molecule has 0 saturated carbocycles. The summed E-state index contributed by atoms with van der Waals surface area (Å²) in [5.74, 6) is 1.50. The molecular weight excluding hydrogens is 280 g/mol. The van der Waals surface area contributed by atoms with Crippen molar-refractivity contribution in [2.45, 2.75) is 19.3 Å². The number of carbonyl (C=O) groups is 1. The monoisotopic (exact) mass is 300 g/mol. The number of hydrogen-bond acceptors (Lipinski definition) is 3. The van der Waals surface area contributed by atoms with E-state index in [4.69, 9.17) is 4.74 Å². The molecule has 1 unspecified atom stereocenters. The summed E-state index contributed by atoms with van der Waals surface area (Å²) in [4.78, 5) is 11.9. The van der Waals surface area contributed by atoms with Crippen molar-refractivity contribution in [3.8, 4) is 0 Å². The third kappa shape index (κ3) is 5.64. The van der Waals surface area contributed by atoms with Crippen LogP contribution in [0.5, 0.6) is 0 Å². The van der Waals surface area contributed by atoms with Gasteiger partial charge in [0.05, 0.1) is 5.92 Å². The molecule has 3 heteroatoms. The van der Waals surface area contributed by atoms with Crippen molar-refractivity contribution in [1.29, 1.82) is 0 Å². The fourth-order valence-electron chi connectivity index (χ4n) is 1.87. The van der Waals surface area contributed by atoms with Crippen molar-refractivity contribution < 1.29 is 9.53 Å². The second-order valence-electron chi connectivity index (χ2n) is 5.00. The fraction of sp³-hybridized carbons (Fsp3) is 0.278. The van der Waals surface area contributed by atoms with E-state index in [0.29, 0.717) is 6.61 Å². The first kappa shape index (κ1) is 15.6. The van der Waals surface area contributed by atoms with Crippen molar-refractivity contribution in [3.63, 3.8) is 0 Å². The summed E-state index contributed by atoms with van der Waals surface area (Å²) in [6, 6.07) is 20.1. The zero-order chi connectivity index (χ0) is 14.9. The minimum atomic E-state index is -0.126. The lowest BCUT2D eigenvalue weighted by Gasteiger charge is -2.11. The summed E-state index contributed by atoms with van der Waals surface area (Å²) in [6.07, 6.45) is 0. The number of thioether (sulfide) groups is 1. The molecule has 0 aromatic heterocycles. The van der Waals surface area contributed by atoms with Crippen LogP contribution in [0.15, 0.2) is 60.7 Å². The van der Waals surface area contributed by atoms with Gasteiger partial charge in [0, 0.05) is 11.5 Å². The van der Waals surface area contributed by atoms with E-state index in [1.54, 1.807) is 11.8 Å². The number of benzene rings is 2. The molecule has 0 bridgehead atoms. The first-order chi connectivity index (χ1) is 10.3. The predicted octanol–water partition coefficient (Wildman–Crippen LogP) is 4.30. The van der Waals surface area contributed by atoms with Gasteiger partial charge in [0.25, 0.3) is 0 Å². The average Bonchev–Trinajstić information content (AvgIpc) is 2.54. The van der Waals surface area contributed by atoms with E-state index in [-0.39, 0.29) is 11.9 Å². The molecule has 2 rings (SSSR count). The van der Waals surface area contributed by atoms with E-state index in [1.165, 1.54) is 5.56 Å². The molecule has 0 radical (unpaired) electrons. The van der Waals surface area contributed by atoms with Crippen molar-refractivity contribution in [2.75, 3.05) is 5.75 Å². The van der Waals surface area contributed by atoms with Gasteiger partial charge in [-0.15, -0.1) is 0 Å². The van der Waals surface area contributed by atoms with Crippen LogP contribution < -0.4 is 0 Å².